The number of benzene rings is 1. The third-order valence-electron chi connectivity index (χ3n) is 3.62. The Morgan fingerprint density at radius 2 is 2.10 bits per heavy atom. The molecule has 1 aromatic carbocycles. The van der Waals surface area contributed by atoms with Gasteiger partial charge < -0.3 is 15.0 Å². The van der Waals surface area contributed by atoms with E-state index in [4.69, 9.17) is 11.2 Å². The summed E-state index contributed by atoms with van der Waals surface area (Å²) in [6, 6.07) is 8.28. The van der Waals surface area contributed by atoms with E-state index in [1.54, 1.807) is 7.11 Å². The Balaban J connectivity index is 1.77. The van der Waals surface area contributed by atoms with E-state index in [-0.39, 0.29) is 0 Å². The molecule has 1 saturated heterocycles. The maximum absolute atomic E-state index is 5.28. The molecule has 4 heteroatoms. The lowest BCUT2D eigenvalue weighted by Crippen LogP contribution is -2.48. The van der Waals surface area contributed by atoms with Gasteiger partial charge in [-0.1, -0.05) is 12.0 Å². The van der Waals surface area contributed by atoms with Gasteiger partial charge in [-0.25, -0.2) is 0 Å². The van der Waals surface area contributed by atoms with Crippen molar-refractivity contribution in [3.63, 3.8) is 0 Å². The predicted molar refractivity (Wildman–Crippen MR) is 83.3 cm³/mol. The summed E-state index contributed by atoms with van der Waals surface area (Å²) in [7, 11) is 1.71. The molecule has 0 saturated carbocycles. The van der Waals surface area contributed by atoms with E-state index in [0.29, 0.717) is 6.54 Å². The minimum Gasteiger partial charge on any atom is -0.497 e. The molecule has 0 aliphatic carbocycles. The Bertz CT molecular complexity index is 447. The third kappa shape index (κ3) is 4.16. The Morgan fingerprint density at radius 3 is 2.80 bits per heavy atom. The van der Waals surface area contributed by atoms with Crippen molar-refractivity contribution in [3.8, 4) is 18.1 Å². The highest BCUT2D eigenvalue weighted by Gasteiger charge is 2.16. The molecule has 108 valence electrons. The van der Waals surface area contributed by atoms with Crippen molar-refractivity contribution in [2.45, 2.75) is 0 Å². The van der Waals surface area contributed by atoms with Gasteiger partial charge >= 0.3 is 0 Å². The van der Waals surface area contributed by atoms with Crippen molar-refractivity contribution in [1.82, 2.24) is 10.2 Å². The number of nitrogens with zero attached hydrogens (tertiary/aromatic N) is 2. The van der Waals surface area contributed by atoms with E-state index in [1.165, 1.54) is 5.69 Å². The van der Waals surface area contributed by atoms with Gasteiger partial charge in [-0.3, -0.25) is 4.90 Å². The van der Waals surface area contributed by atoms with Crippen LogP contribution in [0.2, 0.25) is 0 Å². The van der Waals surface area contributed by atoms with Crippen molar-refractivity contribution in [2.24, 2.45) is 0 Å². The molecule has 4 nitrogen and oxygen atoms in total. The summed E-state index contributed by atoms with van der Waals surface area (Å²) in [6.07, 6.45) is 5.21. The van der Waals surface area contributed by atoms with Crippen LogP contribution in [0.1, 0.15) is 0 Å². The number of hydrogen-bond acceptors (Lipinski definition) is 4. The summed E-state index contributed by atoms with van der Waals surface area (Å²) in [5.41, 5.74) is 1.24. The largest absolute Gasteiger partial charge is 0.497 e. The SMILES string of the molecule is C#CCNCCN1CCN(c2cccc(OC)c2)CC1. The highest BCUT2D eigenvalue weighted by Crippen LogP contribution is 2.21. The fourth-order valence-corrected chi connectivity index (χ4v) is 2.43. The highest BCUT2D eigenvalue weighted by molar-refractivity contribution is 5.51. The van der Waals surface area contributed by atoms with Crippen LogP contribution in [-0.2, 0) is 0 Å². The normalized spacial score (nSPS) is 15.9. The Labute approximate surface area is 121 Å². The summed E-state index contributed by atoms with van der Waals surface area (Å²) < 4.78 is 5.28. The van der Waals surface area contributed by atoms with Crippen molar-refractivity contribution >= 4 is 5.69 Å². The van der Waals surface area contributed by atoms with E-state index >= 15 is 0 Å². The van der Waals surface area contributed by atoms with Gasteiger partial charge in [0.1, 0.15) is 5.75 Å². The van der Waals surface area contributed by atoms with Crippen LogP contribution >= 0.6 is 0 Å². The molecule has 1 aliphatic rings. The lowest BCUT2D eigenvalue weighted by Gasteiger charge is -2.36. The van der Waals surface area contributed by atoms with Gasteiger partial charge in [0.25, 0.3) is 0 Å². The van der Waals surface area contributed by atoms with Gasteiger partial charge in [0.05, 0.1) is 13.7 Å². The molecule has 1 fully saturated rings. The lowest BCUT2D eigenvalue weighted by atomic mass is 10.2. The monoisotopic (exact) mass is 273 g/mol. The topological polar surface area (TPSA) is 27.7 Å². The lowest BCUT2D eigenvalue weighted by molar-refractivity contribution is 0.259. The first kappa shape index (κ1) is 14.7. The molecule has 1 N–H and O–H groups in total. The van der Waals surface area contributed by atoms with Crippen LogP contribution < -0.4 is 15.0 Å². The van der Waals surface area contributed by atoms with Crippen molar-refractivity contribution in [1.29, 1.82) is 0 Å². The number of terminal acetylenes is 1. The van der Waals surface area contributed by atoms with Gasteiger partial charge in [0, 0.05) is 51.0 Å². The van der Waals surface area contributed by atoms with Crippen LogP contribution in [-0.4, -0.2) is 57.8 Å². The molecule has 1 heterocycles. The Morgan fingerprint density at radius 1 is 1.30 bits per heavy atom. The molecular formula is C16H23N3O. The number of nitrogens with one attached hydrogen (secondary N) is 1. The predicted octanol–water partition coefficient (Wildman–Crippen LogP) is 1.04. The van der Waals surface area contributed by atoms with Crippen LogP contribution in [0.4, 0.5) is 5.69 Å². The van der Waals surface area contributed by atoms with Gasteiger partial charge in [-0.2, -0.15) is 0 Å². The van der Waals surface area contributed by atoms with Gasteiger partial charge in [-0.15, -0.1) is 6.42 Å². The van der Waals surface area contributed by atoms with E-state index in [0.717, 1.165) is 45.0 Å². The zero-order valence-corrected chi connectivity index (χ0v) is 12.1. The molecule has 1 aliphatic heterocycles. The minimum absolute atomic E-state index is 0.657. The second-order valence-corrected chi connectivity index (χ2v) is 4.91. The number of methoxy groups -OCH3 is 1. The van der Waals surface area contributed by atoms with Crippen LogP contribution in [0.5, 0.6) is 5.75 Å². The van der Waals surface area contributed by atoms with Crippen molar-refractivity contribution in [3.05, 3.63) is 24.3 Å². The van der Waals surface area contributed by atoms with Crippen molar-refractivity contribution in [2.75, 3.05) is 57.8 Å². The van der Waals surface area contributed by atoms with Gasteiger partial charge in [0.2, 0.25) is 0 Å². The molecule has 0 unspecified atom stereocenters. The quantitative estimate of drug-likeness (QED) is 0.619. The molecule has 0 amide bonds. The van der Waals surface area contributed by atoms with Crippen LogP contribution in [0.25, 0.3) is 0 Å². The molecule has 0 atom stereocenters. The number of rotatable bonds is 6. The van der Waals surface area contributed by atoms with Gasteiger partial charge in [0.15, 0.2) is 0 Å². The number of anilines is 1. The average molecular weight is 273 g/mol. The van der Waals surface area contributed by atoms with Crippen LogP contribution in [0.3, 0.4) is 0 Å². The van der Waals surface area contributed by atoms with Crippen LogP contribution in [0.15, 0.2) is 24.3 Å². The van der Waals surface area contributed by atoms with E-state index in [1.807, 2.05) is 12.1 Å². The molecule has 0 spiro atoms. The standard InChI is InChI=1S/C16H23N3O/c1-3-7-17-8-9-18-10-12-19(13-11-18)15-5-4-6-16(14-15)20-2/h1,4-6,14,17H,7-13H2,2H3. The zero-order chi connectivity index (χ0) is 14.2. The fraction of sp³-hybridized carbons (Fsp3) is 0.500. The Hall–Kier alpha value is -1.70. The van der Waals surface area contributed by atoms with Crippen LogP contribution in [0, 0.1) is 12.3 Å². The molecule has 0 radical (unpaired) electrons. The first-order valence-corrected chi connectivity index (χ1v) is 7.09. The van der Waals surface area contributed by atoms with Gasteiger partial charge in [-0.05, 0) is 12.1 Å². The molecule has 1 aromatic rings. The van der Waals surface area contributed by atoms with E-state index in [2.05, 4.69) is 33.2 Å². The minimum atomic E-state index is 0.657. The molecule has 0 bridgehead atoms. The Kier molecular flexibility index (Phi) is 5.72. The van der Waals surface area contributed by atoms with E-state index in [9.17, 15) is 0 Å². The maximum Gasteiger partial charge on any atom is 0.120 e. The summed E-state index contributed by atoms with van der Waals surface area (Å²) >= 11 is 0. The first-order valence-electron chi connectivity index (χ1n) is 7.09. The zero-order valence-electron chi connectivity index (χ0n) is 12.1. The molecule has 20 heavy (non-hydrogen) atoms. The first-order chi connectivity index (χ1) is 9.83. The summed E-state index contributed by atoms with van der Waals surface area (Å²) in [6.45, 7) is 6.98. The smallest absolute Gasteiger partial charge is 0.120 e. The third-order valence-corrected chi connectivity index (χ3v) is 3.62. The second-order valence-electron chi connectivity index (χ2n) is 4.91. The maximum atomic E-state index is 5.28. The molecule has 2 rings (SSSR count). The summed E-state index contributed by atoms with van der Waals surface area (Å²) in [5, 5.41) is 3.23. The number of hydrogen-bond donors (Lipinski definition) is 1. The summed E-state index contributed by atoms with van der Waals surface area (Å²) in [5.74, 6) is 3.51. The molecule has 0 aromatic heterocycles. The summed E-state index contributed by atoms with van der Waals surface area (Å²) in [4.78, 5) is 4.88. The molecular weight excluding hydrogens is 250 g/mol. The average Bonchev–Trinajstić information content (AvgIpc) is 2.52. The van der Waals surface area contributed by atoms with Crippen molar-refractivity contribution < 1.29 is 4.74 Å². The second kappa shape index (κ2) is 7.78. The number of ether oxygens (including phenoxy) is 1. The highest BCUT2D eigenvalue weighted by atomic mass is 16.5. The van der Waals surface area contributed by atoms with E-state index < -0.39 is 0 Å². The fourth-order valence-electron chi connectivity index (χ4n) is 2.43. The number of piperazine rings is 1.